The molecule has 0 N–H and O–H groups in total. The molecule has 0 aliphatic rings. The minimum atomic E-state index is -2.00. The molecular formula is C17H16F4N2O. The zero-order valence-corrected chi connectivity index (χ0v) is 13.2. The van der Waals surface area contributed by atoms with E-state index in [1.165, 1.54) is 4.90 Å². The summed E-state index contributed by atoms with van der Waals surface area (Å²) in [6.45, 7) is 0.602. The Bertz CT molecular complexity index is 735. The van der Waals surface area contributed by atoms with E-state index >= 15 is 0 Å². The van der Waals surface area contributed by atoms with Gasteiger partial charge in [0, 0.05) is 18.8 Å². The first-order valence-corrected chi connectivity index (χ1v) is 7.17. The third-order valence-corrected chi connectivity index (χ3v) is 3.42. The van der Waals surface area contributed by atoms with Crippen LogP contribution < -0.4 is 4.90 Å². The summed E-state index contributed by atoms with van der Waals surface area (Å²) in [6, 6.07) is 8.68. The molecule has 0 saturated carbocycles. The molecule has 0 aliphatic heterocycles. The molecule has 1 amide bonds. The van der Waals surface area contributed by atoms with E-state index in [1.54, 1.807) is 49.3 Å². The van der Waals surface area contributed by atoms with E-state index in [0.717, 1.165) is 0 Å². The van der Waals surface area contributed by atoms with Crippen LogP contribution >= 0.6 is 0 Å². The summed E-state index contributed by atoms with van der Waals surface area (Å²) in [5, 5.41) is 0. The van der Waals surface area contributed by atoms with Gasteiger partial charge in [0.25, 0.3) is 5.91 Å². The Morgan fingerprint density at radius 2 is 1.54 bits per heavy atom. The van der Waals surface area contributed by atoms with Crippen LogP contribution in [0.4, 0.5) is 23.2 Å². The van der Waals surface area contributed by atoms with E-state index in [4.69, 9.17) is 0 Å². The van der Waals surface area contributed by atoms with Crippen LogP contribution in [0.2, 0.25) is 0 Å². The second-order valence-corrected chi connectivity index (χ2v) is 5.44. The van der Waals surface area contributed by atoms with Crippen molar-refractivity contribution in [3.63, 3.8) is 0 Å². The average Bonchev–Trinajstić information content (AvgIpc) is 2.57. The highest BCUT2D eigenvalue weighted by atomic mass is 19.2. The number of benzene rings is 2. The molecule has 0 spiro atoms. The van der Waals surface area contributed by atoms with Crippen molar-refractivity contribution in [3.05, 3.63) is 65.2 Å². The van der Waals surface area contributed by atoms with Crippen LogP contribution in [0.1, 0.15) is 10.4 Å². The Hall–Kier alpha value is -2.41. The topological polar surface area (TPSA) is 23.6 Å². The summed E-state index contributed by atoms with van der Waals surface area (Å²) in [4.78, 5) is 15.6. The second kappa shape index (κ2) is 7.44. The predicted molar refractivity (Wildman–Crippen MR) is 82.9 cm³/mol. The molecular weight excluding hydrogens is 324 g/mol. The van der Waals surface area contributed by atoms with Gasteiger partial charge in [-0.2, -0.15) is 0 Å². The maximum absolute atomic E-state index is 13.9. The van der Waals surface area contributed by atoms with Gasteiger partial charge in [-0.3, -0.25) is 4.79 Å². The van der Waals surface area contributed by atoms with Gasteiger partial charge in [-0.15, -0.1) is 0 Å². The van der Waals surface area contributed by atoms with Gasteiger partial charge in [0.15, 0.2) is 23.3 Å². The number of carbonyl (C=O) groups is 1. The fraction of sp³-hybridized carbons (Fsp3) is 0.235. The number of hydrogen-bond donors (Lipinski definition) is 0. The molecule has 128 valence electrons. The molecule has 0 atom stereocenters. The molecule has 0 aliphatic carbocycles. The number of halogens is 4. The van der Waals surface area contributed by atoms with Crippen LogP contribution in [-0.4, -0.2) is 38.0 Å². The second-order valence-electron chi connectivity index (χ2n) is 5.44. The lowest BCUT2D eigenvalue weighted by Gasteiger charge is -2.25. The van der Waals surface area contributed by atoms with E-state index in [9.17, 15) is 22.4 Å². The molecule has 0 aromatic heterocycles. The zero-order chi connectivity index (χ0) is 17.9. The molecule has 2 aromatic rings. The molecule has 0 radical (unpaired) electrons. The van der Waals surface area contributed by atoms with Crippen LogP contribution in [0.5, 0.6) is 0 Å². The highest BCUT2D eigenvalue weighted by molar-refractivity contribution is 6.06. The lowest BCUT2D eigenvalue weighted by Crippen LogP contribution is -2.37. The number of carbonyl (C=O) groups excluding carboxylic acids is 1. The molecule has 0 unspecified atom stereocenters. The summed E-state index contributed by atoms with van der Waals surface area (Å²) in [7, 11) is 3.57. The highest BCUT2D eigenvalue weighted by Crippen LogP contribution is 2.23. The summed E-state index contributed by atoms with van der Waals surface area (Å²) >= 11 is 0. The first kappa shape index (κ1) is 17.9. The summed E-state index contributed by atoms with van der Waals surface area (Å²) in [6.07, 6.45) is 0. The van der Waals surface area contributed by atoms with Crippen molar-refractivity contribution in [1.29, 1.82) is 0 Å². The quantitative estimate of drug-likeness (QED) is 0.473. The monoisotopic (exact) mass is 340 g/mol. The number of likely N-dealkylation sites (N-methyl/N-ethyl adjacent to an activating group) is 1. The average molecular weight is 340 g/mol. The van der Waals surface area contributed by atoms with Crippen molar-refractivity contribution in [2.45, 2.75) is 0 Å². The molecule has 0 heterocycles. The standard InChI is InChI=1S/C17H16F4N2O/c1-22(2)8-9-23(11-6-4-3-5-7-11)17(24)12-10-13(18)15(20)16(21)14(12)19/h3-7,10H,8-9H2,1-2H3. The first-order chi connectivity index (χ1) is 11.3. The van der Waals surface area contributed by atoms with E-state index < -0.39 is 34.7 Å². The third-order valence-electron chi connectivity index (χ3n) is 3.42. The lowest BCUT2D eigenvalue weighted by molar-refractivity contribution is 0.0979. The van der Waals surface area contributed by atoms with Crippen molar-refractivity contribution in [1.82, 2.24) is 4.90 Å². The number of hydrogen-bond acceptors (Lipinski definition) is 2. The Balaban J connectivity index is 2.45. The Kier molecular flexibility index (Phi) is 5.56. The smallest absolute Gasteiger partial charge is 0.261 e. The van der Waals surface area contributed by atoms with Crippen LogP contribution in [0, 0.1) is 23.3 Å². The number of rotatable bonds is 5. The minimum absolute atomic E-state index is 0.163. The minimum Gasteiger partial charge on any atom is -0.308 e. The largest absolute Gasteiger partial charge is 0.308 e. The molecule has 2 aromatic carbocycles. The maximum Gasteiger partial charge on any atom is 0.261 e. The van der Waals surface area contributed by atoms with E-state index in [-0.39, 0.29) is 6.54 Å². The van der Waals surface area contributed by atoms with Gasteiger partial charge < -0.3 is 9.80 Å². The van der Waals surface area contributed by atoms with E-state index in [0.29, 0.717) is 18.3 Å². The van der Waals surface area contributed by atoms with Gasteiger partial charge in [0.05, 0.1) is 5.56 Å². The summed E-state index contributed by atoms with van der Waals surface area (Å²) < 4.78 is 53.8. The van der Waals surface area contributed by atoms with Gasteiger partial charge in [-0.05, 0) is 32.3 Å². The molecule has 3 nitrogen and oxygen atoms in total. The van der Waals surface area contributed by atoms with Crippen molar-refractivity contribution >= 4 is 11.6 Å². The molecule has 2 rings (SSSR count). The molecule has 7 heteroatoms. The maximum atomic E-state index is 13.9. The van der Waals surface area contributed by atoms with Crippen LogP contribution in [0.3, 0.4) is 0 Å². The van der Waals surface area contributed by atoms with Crippen molar-refractivity contribution in [3.8, 4) is 0 Å². The fourth-order valence-electron chi connectivity index (χ4n) is 2.13. The van der Waals surface area contributed by atoms with E-state index in [1.807, 2.05) is 0 Å². The van der Waals surface area contributed by atoms with Crippen molar-refractivity contribution < 1.29 is 22.4 Å². The summed E-state index contributed by atoms with van der Waals surface area (Å²) in [5.41, 5.74) is -0.414. The molecule has 0 bridgehead atoms. The normalized spacial score (nSPS) is 11.0. The Labute approximate surface area is 137 Å². The Morgan fingerprint density at radius 3 is 2.12 bits per heavy atom. The molecule has 0 fully saturated rings. The predicted octanol–water partition coefficient (Wildman–Crippen LogP) is 3.45. The number of amides is 1. The number of nitrogens with zero attached hydrogens (tertiary/aromatic N) is 2. The van der Waals surface area contributed by atoms with Crippen molar-refractivity contribution in [2.75, 3.05) is 32.1 Å². The summed E-state index contributed by atoms with van der Waals surface area (Å²) in [5.74, 6) is -8.21. The highest BCUT2D eigenvalue weighted by Gasteiger charge is 2.27. The number of para-hydroxylation sites is 1. The van der Waals surface area contributed by atoms with Gasteiger partial charge in [-0.1, -0.05) is 18.2 Å². The molecule has 24 heavy (non-hydrogen) atoms. The van der Waals surface area contributed by atoms with Crippen LogP contribution in [-0.2, 0) is 0 Å². The third kappa shape index (κ3) is 3.73. The zero-order valence-electron chi connectivity index (χ0n) is 13.2. The van der Waals surface area contributed by atoms with Gasteiger partial charge >= 0.3 is 0 Å². The van der Waals surface area contributed by atoms with Gasteiger partial charge in [0.1, 0.15) is 0 Å². The fourth-order valence-corrected chi connectivity index (χ4v) is 2.13. The SMILES string of the molecule is CN(C)CCN(C(=O)c1cc(F)c(F)c(F)c1F)c1ccccc1. The van der Waals surface area contributed by atoms with Crippen LogP contribution in [0.25, 0.3) is 0 Å². The number of anilines is 1. The lowest BCUT2D eigenvalue weighted by atomic mass is 10.1. The van der Waals surface area contributed by atoms with Crippen LogP contribution in [0.15, 0.2) is 36.4 Å². The first-order valence-electron chi connectivity index (χ1n) is 7.17. The molecule has 0 saturated heterocycles. The van der Waals surface area contributed by atoms with Gasteiger partial charge in [0.2, 0.25) is 0 Å². The van der Waals surface area contributed by atoms with Gasteiger partial charge in [-0.25, -0.2) is 17.6 Å². The van der Waals surface area contributed by atoms with Crippen molar-refractivity contribution in [2.24, 2.45) is 0 Å². The van der Waals surface area contributed by atoms with E-state index in [2.05, 4.69) is 0 Å². The Morgan fingerprint density at radius 1 is 0.917 bits per heavy atom.